The van der Waals surface area contributed by atoms with E-state index in [0.29, 0.717) is 0 Å². The van der Waals surface area contributed by atoms with Crippen molar-refractivity contribution >= 4 is 66.5 Å². The monoisotopic (exact) mass is 779 g/mol. The van der Waals surface area contributed by atoms with Gasteiger partial charge in [-0.3, -0.25) is 4.40 Å². The van der Waals surface area contributed by atoms with Gasteiger partial charge >= 0.3 is 0 Å². The molecule has 0 radical (unpaired) electrons. The second-order valence-corrected chi connectivity index (χ2v) is 15.5. The van der Waals surface area contributed by atoms with Gasteiger partial charge < -0.3 is 9.47 Å². The molecule has 61 heavy (non-hydrogen) atoms. The summed E-state index contributed by atoms with van der Waals surface area (Å²) in [5.41, 5.74) is 16.1. The van der Waals surface area contributed by atoms with Crippen molar-refractivity contribution in [1.29, 1.82) is 0 Å². The molecular formula is C56H37N5. The smallest absolute Gasteiger partial charge is 0.165 e. The van der Waals surface area contributed by atoms with Crippen LogP contribution in [0.4, 0.5) is 17.1 Å². The Morgan fingerprint density at radius 3 is 1.70 bits per heavy atom. The Labute approximate surface area is 352 Å². The van der Waals surface area contributed by atoms with Crippen LogP contribution in [0.15, 0.2) is 225 Å². The number of benzene rings is 8. The molecule has 0 fully saturated rings. The highest BCUT2D eigenvalue weighted by Crippen LogP contribution is 2.41. The Morgan fingerprint density at radius 1 is 0.361 bits per heavy atom. The van der Waals surface area contributed by atoms with E-state index in [2.05, 4.69) is 214 Å². The lowest BCUT2D eigenvalue weighted by Gasteiger charge is -2.26. The molecule has 0 aliphatic carbocycles. The van der Waals surface area contributed by atoms with Crippen molar-refractivity contribution in [3.05, 3.63) is 225 Å². The lowest BCUT2D eigenvalue weighted by molar-refractivity contribution is 1.18. The predicted octanol–water partition coefficient (Wildman–Crippen LogP) is 14.6. The molecule has 0 saturated carbocycles. The predicted molar refractivity (Wildman–Crippen MR) is 253 cm³/mol. The van der Waals surface area contributed by atoms with Crippen molar-refractivity contribution in [1.82, 2.24) is 18.9 Å². The average molecular weight is 780 g/mol. The zero-order valence-electron chi connectivity index (χ0n) is 33.1. The van der Waals surface area contributed by atoms with Crippen LogP contribution in [0, 0.1) is 0 Å². The van der Waals surface area contributed by atoms with Crippen LogP contribution in [0.1, 0.15) is 0 Å². The van der Waals surface area contributed by atoms with Crippen molar-refractivity contribution in [3.8, 4) is 39.2 Å². The van der Waals surface area contributed by atoms with E-state index in [-0.39, 0.29) is 0 Å². The second kappa shape index (κ2) is 14.2. The zero-order chi connectivity index (χ0) is 40.3. The fourth-order valence-electron chi connectivity index (χ4n) is 9.04. The maximum Gasteiger partial charge on any atom is 0.165 e. The SMILES string of the molecule is c1ccc(-c2ccc(N(c3ccc(-c4cccc(-c5nc6c(nc7ccccn76)c6ccccc56)c4)cc3)c3ccc4c(c3)c3ccccc3n4-c3ccccc3)cc2)cc1. The number of rotatable bonds is 7. The van der Waals surface area contributed by atoms with Gasteiger partial charge in [0.25, 0.3) is 0 Å². The van der Waals surface area contributed by atoms with Crippen molar-refractivity contribution in [2.75, 3.05) is 4.90 Å². The maximum absolute atomic E-state index is 5.28. The standard InChI is InChI=1S/C56H37N5/c1-3-14-38(15-4-1)39-25-29-44(30-26-39)60(46-33-34-52-50(37-46)47-20-9-10-23-51(47)61(52)43-18-5-2-6-19-43)45-31-27-40(28-32-45)41-16-13-17-42(36-41)54-48-21-7-8-22-49(48)55-56(58-54)59-35-12-11-24-53(59)57-55/h1-37H. The van der Waals surface area contributed by atoms with Gasteiger partial charge in [0.1, 0.15) is 11.2 Å². The third-order valence-electron chi connectivity index (χ3n) is 11.9. The van der Waals surface area contributed by atoms with Crippen molar-refractivity contribution < 1.29 is 0 Å². The molecule has 0 aliphatic rings. The molecule has 4 heterocycles. The number of nitrogens with zero attached hydrogens (tertiary/aromatic N) is 5. The molecule has 0 atom stereocenters. The van der Waals surface area contributed by atoms with Crippen LogP contribution in [0.5, 0.6) is 0 Å². The lowest BCUT2D eigenvalue weighted by atomic mass is 9.98. The minimum atomic E-state index is 0.860. The number of aromatic nitrogens is 4. The fraction of sp³-hybridized carbons (Fsp3) is 0. The van der Waals surface area contributed by atoms with Crippen LogP contribution in [0.2, 0.25) is 0 Å². The van der Waals surface area contributed by atoms with Crippen LogP contribution in [-0.2, 0) is 0 Å². The molecule has 0 amide bonds. The molecule has 12 aromatic rings. The minimum absolute atomic E-state index is 0.860. The van der Waals surface area contributed by atoms with Crippen LogP contribution in [0.25, 0.3) is 88.6 Å². The molecule has 12 rings (SSSR count). The van der Waals surface area contributed by atoms with Gasteiger partial charge in [-0.2, -0.15) is 0 Å². The number of pyridine rings is 2. The summed E-state index contributed by atoms with van der Waals surface area (Å²) in [5, 5.41) is 4.62. The first-order chi connectivity index (χ1) is 30.2. The molecule has 0 saturated heterocycles. The van der Waals surface area contributed by atoms with E-state index in [0.717, 1.165) is 72.7 Å². The second-order valence-electron chi connectivity index (χ2n) is 15.5. The zero-order valence-corrected chi connectivity index (χ0v) is 33.1. The number of hydrogen-bond donors (Lipinski definition) is 0. The Kier molecular flexibility index (Phi) is 8.10. The fourth-order valence-corrected chi connectivity index (χ4v) is 9.04. The van der Waals surface area contributed by atoms with Crippen LogP contribution in [0.3, 0.4) is 0 Å². The third-order valence-corrected chi connectivity index (χ3v) is 11.9. The van der Waals surface area contributed by atoms with E-state index in [1.165, 1.54) is 32.9 Å². The summed E-state index contributed by atoms with van der Waals surface area (Å²) in [6.07, 6.45) is 2.04. The van der Waals surface area contributed by atoms with E-state index >= 15 is 0 Å². The number of hydrogen-bond acceptors (Lipinski definition) is 3. The van der Waals surface area contributed by atoms with Gasteiger partial charge in [0.05, 0.1) is 16.7 Å². The maximum atomic E-state index is 5.28. The first-order valence-corrected chi connectivity index (χ1v) is 20.7. The van der Waals surface area contributed by atoms with Gasteiger partial charge in [-0.25, -0.2) is 9.97 Å². The Morgan fingerprint density at radius 2 is 0.934 bits per heavy atom. The molecule has 0 spiro atoms. The highest BCUT2D eigenvalue weighted by atomic mass is 15.1. The summed E-state index contributed by atoms with van der Waals surface area (Å²) in [4.78, 5) is 12.6. The normalized spacial score (nSPS) is 11.6. The summed E-state index contributed by atoms with van der Waals surface area (Å²) < 4.78 is 4.44. The van der Waals surface area contributed by atoms with Gasteiger partial charge in [0, 0.05) is 56.1 Å². The highest BCUT2D eigenvalue weighted by Gasteiger charge is 2.19. The Bertz CT molecular complexity index is 3570. The van der Waals surface area contributed by atoms with Crippen LogP contribution in [-0.4, -0.2) is 18.9 Å². The number of imidazole rings is 1. The summed E-state index contributed by atoms with van der Waals surface area (Å²) in [5.74, 6) is 0. The summed E-state index contributed by atoms with van der Waals surface area (Å²) in [6.45, 7) is 0. The molecule has 8 aromatic carbocycles. The summed E-state index contributed by atoms with van der Waals surface area (Å²) in [7, 11) is 0. The third kappa shape index (κ3) is 5.86. The van der Waals surface area contributed by atoms with E-state index < -0.39 is 0 Å². The van der Waals surface area contributed by atoms with E-state index in [9.17, 15) is 0 Å². The van der Waals surface area contributed by atoms with E-state index in [1.54, 1.807) is 0 Å². The van der Waals surface area contributed by atoms with Crippen molar-refractivity contribution in [2.45, 2.75) is 0 Å². The highest BCUT2D eigenvalue weighted by molar-refractivity contribution is 6.11. The molecule has 5 nitrogen and oxygen atoms in total. The van der Waals surface area contributed by atoms with E-state index in [1.807, 2.05) is 24.4 Å². The van der Waals surface area contributed by atoms with Gasteiger partial charge in [-0.15, -0.1) is 0 Å². The summed E-state index contributed by atoms with van der Waals surface area (Å²) >= 11 is 0. The van der Waals surface area contributed by atoms with Gasteiger partial charge in [-0.05, 0) is 101 Å². The molecular weight excluding hydrogens is 743 g/mol. The van der Waals surface area contributed by atoms with E-state index in [4.69, 9.17) is 9.97 Å². The lowest BCUT2D eigenvalue weighted by Crippen LogP contribution is -2.10. The van der Waals surface area contributed by atoms with Crippen LogP contribution >= 0.6 is 0 Å². The molecule has 0 N–H and O–H groups in total. The molecule has 4 aromatic heterocycles. The van der Waals surface area contributed by atoms with Crippen molar-refractivity contribution in [3.63, 3.8) is 0 Å². The van der Waals surface area contributed by atoms with Crippen molar-refractivity contribution in [2.24, 2.45) is 0 Å². The molecule has 5 heteroatoms. The van der Waals surface area contributed by atoms with Gasteiger partial charge in [-0.1, -0.05) is 140 Å². The number of anilines is 3. The Hall–Kier alpha value is -8.28. The molecule has 286 valence electrons. The molecule has 0 bridgehead atoms. The summed E-state index contributed by atoms with van der Waals surface area (Å²) in [6, 6.07) is 77.9. The first-order valence-electron chi connectivity index (χ1n) is 20.7. The van der Waals surface area contributed by atoms with Gasteiger partial charge in [0.15, 0.2) is 5.65 Å². The van der Waals surface area contributed by atoms with Crippen LogP contribution < -0.4 is 4.90 Å². The quantitative estimate of drug-likeness (QED) is 0.162. The average Bonchev–Trinajstić information content (AvgIpc) is 3.88. The Balaban J connectivity index is 0.968. The molecule has 0 aliphatic heterocycles. The molecule has 0 unspecified atom stereocenters. The topological polar surface area (TPSA) is 38.4 Å². The minimum Gasteiger partial charge on any atom is -0.310 e. The number of para-hydroxylation sites is 2. The van der Waals surface area contributed by atoms with Gasteiger partial charge in [0.2, 0.25) is 0 Å². The first kappa shape index (κ1) is 34.7. The number of fused-ring (bicyclic) bond motifs is 8. The largest absolute Gasteiger partial charge is 0.310 e.